The van der Waals surface area contributed by atoms with Gasteiger partial charge in [0.05, 0.1) is 13.2 Å². The van der Waals surface area contributed by atoms with Gasteiger partial charge in [-0.2, -0.15) is 4.39 Å². The summed E-state index contributed by atoms with van der Waals surface area (Å²) in [6.07, 6.45) is -2.66. The van der Waals surface area contributed by atoms with E-state index in [4.69, 9.17) is 5.11 Å². The molecule has 0 aliphatic rings. The van der Waals surface area contributed by atoms with Crippen LogP contribution in [0.5, 0.6) is 5.88 Å². The summed E-state index contributed by atoms with van der Waals surface area (Å²) < 4.78 is 41.2. The summed E-state index contributed by atoms with van der Waals surface area (Å²) in [6.45, 7) is -1.52. The molecule has 6 nitrogen and oxygen atoms in total. The largest absolute Gasteiger partial charge is 0.492 e. The fourth-order valence-electron chi connectivity index (χ4n) is 1.07. The molecule has 0 fully saturated rings. The van der Waals surface area contributed by atoms with Gasteiger partial charge >= 0.3 is 5.69 Å². The van der Waals surface area contributed by atoms with Crippen LogP contribution in [0.25, 0.3) is 0 Å². The Morgan fingerprint density at radius 1 is 1.41 bits per heavy atom. The molecule has 0 bridgehead atoms. The van der Waals surface area contributed by atoms with Gasteiger partial charge in [0.2, 0.25) is 11.7 Å². The number of nitrogens with one attached hydrogen (secondary N) is 1. The van der Waals surface area contributed by atoms with Gasteiger partial charge in [-0.15, -0.1) is 0 Å². The number of ether oxygens (including phenoxy) is 1. The Morgan fingerprint density at radius 3 is 2.65 bits per heavy atom. The van der Waals surface area contributed by atoms with Gasteiger partial charge in [0, 0.05) is 0 Å². The number of aromatic hydroxyl groups is 1. The number of hydrogen-bond acceptors (Lipinski definition) is 4. The van der Waals surface area contributed by atoms with E-state index < -0.39 is 36.0 Å². The summed E-state index contributed by atoms with van der Waals surface area (Å²) in [5.41, 5.74) is -2.40. The molecule has 0 radical (unpaired) electrons. The summed E-state index contributed by atoms with van der Waals surface area (Å²) in [7, 11) is 0. The first kappa shape index (κ1) is 13.3. The highest BCUT2D eigenvalue weighted by Crippen LogP contribution is 2.06. The zero-order valence-electron chi connectivity index (χ0n) is 8.45. The van der Waals surface area contributed by atoms with Crippen molar-refractivity contribution in [2.75, 3.05) is 13.2 Å². The molecule has 96 valence electrons. The standard InChI is InChI=1S/C8H9F3N2O4/c9-4(10)3-17-2-1-13-7(15)5(11)6(14)12-8(13)16/h4,15H,1-3H2,(H,12,14,16). The third-order valence-corrected chi connectivity index (χ3v) is 1.82. The van der Waals surface area contributed by atoms with Crippen molar-refractivity contribution in [3.63, 3.8) is 0 Å². The maximum atomic E-state index is 12.9. The van der Waals surface area contributed by atoms with Crippen molar-refractivity contribution in [2.24, 2.45) is 0 Å². The Labute approximate surface area is 92.3 Å². The first-order valence-corrected chi connectivity index (χ1v) is 4.51. The van der Waals surface area contributed by atoms with E-state index in [1.165, 1.54) is 0 Å². The van der Waals surface area contributed by atoms with E-state index in [9.17, 15) is 22.8 Å². The second-order valence-corrected chi connectivity index (χ2v) is 3.01. The third-order valence-electron chi connectivity index (χ3n) is 1.82. The van der Waals surface area contributed by atoms with E-state index in [1.54, 1.807) is 4.98 Å². The molecule has 2 N–H and O–H groups in total. The highest BCUT2D eigenvalue weighted by Gasteiger charge is 2.13. The van der Waals surface area contributed by atoms with Gasteiger partial charge in [-0.05, 0) is 0 Å². The van der Waals surface area contributed by atoms with Crippen LogP contribution in [0.15, 0.2) is 9.59 Å². The van der Waals surface area contributed by atoms with Crippen molar-refractivity contribution in [1.29, 1.82) is 0 Å². The van der Waals surface area contributed by atoms with Crippen molar-refractivity contribution in [3.8, 4) is 5.88 Å². The van der Waals surface area contributed by atoms with Crippen LogP contribution < -0.4 is 11.2 Å². The summed E-state index contributed by atoms with van der Waals surface area (Å²) in [4.78, 5) is 23.4. The molecule has 0 aromatic carbocycles. The molecule has 0 unspecified atom stereocenters. The lowest BCUT2D eigenvalue weighted by Gasteiger charge is -2.08. The van der Waals surface area contributed by atoms with Crippen LogP contribution in [-0.4, -0.2) is 34.3 Å². The maximum Gasteiger partial charge on any atom is 0.331 e. The van der Waals surface area contributed by atoms with E-state index >= 15 is 0 Å². The molecule has 0 spiro atoms. The lowest BCUT2D eigenvalue weighted by Crippen LogP contribution is -2.33. The number of aromatic nitrogens is 2. The molecule has 1 rings (SSSR count). The molecule has 1 aromatic heterocycles. The fraction of sp³-hybridized carbons (Fsp3) is 0.500. The predicted octanol–water partition coefficient (Wildman–Crippen LogP) is -0.337. The monoisotopic (exact) mass is 254 g/mol. The molecule has 1 aromatic rings. The number of halogens is 3. The number of hydrogen-bond donors (Lipinski definition) is 2. The van der Waals surface area contributed by atoms with Crippen LogP contribution >= 0.6 is 0 Å². The fourth-order valence-corrected chi connectivity index (χ4v) is 1.07. The van der Waals surface area contributed by atoms with Crippen LogP contribution in [0.1, 0.15) is 0 Å². The van der Waals surface area contributed by atoms with Crippen molar-refractivity contribution in [2.45, 2.75) is 13.0 Å². The van der Waals surface area contributed by atoms with Crippen molar-refractivity contribution < 1.29 is 23.0 Å². The van der Waals surface area contributed by atoms with Gasteiger partial charge < -0.3 is 9.84 Å². The van der Waals surface area contributed by atoms with Crippen molar-refractivity contribution >= 4 is 0 Å². The van der Waals surface area contributed by atoms with E-state index in [0.717, 1.165) is 0 Å². The van der Waals surface area contributed by atoms with Crippen LogP contribution in [0.3, 0.4) is 0 Å². The Morgan fingerprint density at radius 2 is 2.06 bits per heavy atom. The smallest absolute Gasteiger partial charge is 0.331 e. The Kier molecular flexibility index (Phi) is 4.32. The second-order valence-electron chi connectivity index (χ2n) is 3.01. The lowest BCUT2D eigenvalue weighted by molar-refractivity contribution is 0.0139. The summed E-state index contributed by atoms with van der Waals surface area (Å²) >= 11 is 0. The molecule has 0 aliphatic heterocycles. The topological polar surface area (TPSA) is 84.3 Å². The number of nitrogens with zero attached hydrogens (tertiary/aromatic N) is 1. The molecule has 0 amide bonds. The quantitative estimate of drug-likeness (QED) is 0.704. The summed E-state index contributed by atoms with van der Waals surface area (Å²) in [5, 5.41) is 9.13. The van der Waals surface area contributed by atoms with Crippen molar-refractivity contribution in [3.05, 3.63) is 26.7 Å². The molecule has 1 heterocycles. The van der Waals surface area contributed by atoms with Gasteiger partial charge in [-0.3, -0.25) is 14.3 Å². The van der Waals surface area contributed by atoms with Crippen LogP contribution in [0, 0.1) is 5.82 Å². The zero-order valence-corrected chi connectivity index (χ0v) is 8.45. The van der Waals surface area contributed by atoms with Crippen LogP contribution in [0.2, 0.25) is 0 Å². The van der Waals surface area contributed by atoms with Crippen LogP contribution in [0.4, 0.5) is 13.2 Å². The van der Waals surface area contributed by atoms with Crippen LogP contribution in [-0.2, 0) is 11.3 Å². The van der Waals surface area contributed by atoms with Gasteiger partial charge in [-0.1, -0.05) is 0 Å². The molecule has 0 saturated heterocycles. The number of rotatable bonds is 5. The molecule has 0 atom stereocenters. The SMILES string of the molecule is O=c1[nH]c(=O)n(CCOCC(F)F)c(O)c1F. The zero-order chi connectivity index (χ0) is 13.0. The van der Waals surface area contributed by atoms with E-state index in [0.29, 0.717) is 4.57 Å². The second kappa shape index (κ2) is 5.53. The predicted molar refractivity (Wildman–Crippen MR) is 49.8 cm³/mol. The van der Waals surface area contributed by atoms with Gasteiger partial charge in [-0.25, -0.2) is 13.6 Å². The van der Waals surface area contributed by atoms with Crippen molar-refractivity contribution in [1.82, 2.24) is 9.55 Å². The number of H-pyrrole nitrogens is 1. The van der Waals surface area contributed by atoms with E-state index in [-0.39, 0.29) is 13.2 Å². The summed E-state index contributed by atoms with van der Waals surface area (Å²) in [6, 6.07) is 0. The Hall–Kier alpha value is -1.77. The molecule has 0 saturated carbocycles. The van der Waals surface area contributed by atoms with Gasteiger partial charge in [0.25, 0.3) is 12.0 Å². The molecule has 17 heavy (non-hydrogen) atoms. The Bertz CT molecular complexity index is 497. The molecular formula is C8H9F3N2O4. The molecular weight excluding hydrogens is 245 g/mol. The maximum absolute atomic E-state index is 12.9. The molecule has 9 heteroatoms. The van der Waals surface area contributed by atoms with Gasteiger partial charge in [0.15, 0.2) is 0 Å². The number of alkyl halides is 2. The lowest BCUT2D eigenvalue weighted by atomic mass is 10.5. The third kappa shape index (κ3) is 3.34. The summed E-state index contributed by atoms with van der Waals surface area (Å²) in [5.74, 6) is -2.67. The first-order valence-electron chi connectivity index (χ1n) is 4.51. The van der Waals surface area contributed by atoms with E-state index in [2.05, 4.69) is 4.74 Å². The first-order chi connectivity index (χ1) is 7.93. The minimum atomic E-state index is -2.66. The Balaban J connectivity index is 2.75. The average molecular weight is 254 g/mol. The average Bonchev–Trinajstić information content (AvgIpc) is 2.24. The highest BCUT2D eigenvalue weighted by atomic mass is 19.3. The minimum absolute atomic E-state index is 0.330. The number of aromatic amines is 1. The van der Waals surface area contributed by atoms with Gasteiger partial charge in [0.1, 0.15) is 6.61 Å². The molecule has 0 aliphatic carbocycles. The normalized spacial score (nSPS) is 11.1. The highest BCUT2D eigenvalue weighted by molar-refractivity contribution is 5.09. The minimum Gasteiger partial charge on any atom is -0.492 e. The van der Waals surface area contributed by atoms with E-state index in [1.807, 2.05) is 0 Å².